The van der Waals surface area contributed by atoms with Gasteiger partial charge in [-0.2, -0.15) is 0 Å². The second-order valence-corrected chi connectivity index (χ2v) is 5.38. The molecule has 0 saturated carbocycles. The van der Waals surface area contributed by atoms with Gasteiger partial charge in [0.05, 0.1) is 13.0 Å². The molecule has 1 aromatic rings. The molecule has 0 aliphatic carbocycles. The van der Waals surface area contributed by atoms with Crippen molar-refractivity contribution in [1.29, 1.82) is 0 Å². The molecule has 0 saturated heterocycles. The molecule has 0 aliphatic rings. The van der Waals surface area contributed by atoms with Crippen molar-refractivity contribution in [3.05, 3.63) is 34.9 Å². The summed E-state index contributed by atoms with van der Waals surface area (Å²) in [6, 6.07) is 5.73. The Kier molecular flexibility index (Phi) is 7.80. The molecule has 6 heteroatoms. The Hall–Kier alpha value is -2.37. The highest BCUT2D eigenvalue weighted by atomic mass is 16.5. The molecular weight excluding hydrogens is 296 g/mol. The monoisotopic (exact) mass is 320 g/mol. The van der Waals surface area contributed by atoms with Crippen molar-refractivity contribution in [1.82, 2.24) is 10.6 Å². The van der Waals surface area contributed by atoms with Gasteiger partial charge >= 0.3 is 5.97 Å². The van der Waals surface area contributed by atoms with E-state index in [1.807, 2.05) is 39.0 Å². The second kappa shape index (κ2) is 9.61. The number of hydrogen-bond donors (Lipinski definition) is 2. The van der Waals surface area contributed by atoms with Crippen LogP contribution in [0.5, 0.6) is 0 Å². The third kappa shape index (κ3) is 7.44. The number of esters is 1. The van der Waals surface area contributed by atoms with Crippen molar-refractivity contribution in [3.63, 3.8) is 0 Å². The summed E-state index contributed by atoms with van der Waals surface area (Å²) in [4.78, 5) is 34.5. The van der Waals surface area contributed by atoms with E-state index in [0.29, 0.717) is 6.54 Å². The van der Waals surface area contributed by atoms with Crippen LogP contribution in [-0.2, 0) is 25.5 Å². The number of hydrogen-bond acceptors (Lipinski definition) is 4. The molecule has 0 heterocycles. The van der Waals surface area contributed by atoms with Crippen LogP contribution in [0.25, 0.3) is 0 Å². The Bertz CT molecular complexity index is 570. The first-order valence-electron chi connectivity index (χ1n) is 7.67. The van der Waals surface area contributed by atoms with Crippen molar-refractivity contribution in [2.24, 2.45) is 0 Å². The number of aryl methyl sites for hydroxylation is 2. The molecule has 2 amide bonds. The fourth-order valence-electron chi connectivity index (χ4n) is 1.83. The molecule has 0 fully saturated rings. The van der Waals surface area contributed by atoms with Crippen LogP contribution in [0.15, 0.2) is 18.2 Å². The zero-order valence-corrected chi connectivity index (χ0v) is 13.9. The van der Waals surface area contributed by atoms with Gasteiger partial charge in [0.25, 0.3) is 5.91 Å². The summed E-state index contributed by atoms with van der Waals surface area (Å²) in [5.74, 6) is -1.23. The zero-order valence-electron chi connectivity index (χ0n) is 13.9. The van der Waals surface area contributed by atoms with Gasteiger partial charge in [-0.05, 0) is 37.0 Å². The summed E-state index contributed by atoms with van der Waals surface area (Å²) in [6.07, 6.45) is 0.946. The van der Waals surface area contributed by atoms with Crippen LogP contribution in [0.3, 0.4) is 0 Å². The summed E-state index contributed by atoms with van der Waals surface area (Å²) in [5, 5.41) is 5.03. The van der Waals surface area contributed by atoms with Gasteiger partial charge in [0.2, 0.25) is 5.91 Å². The van der Waals surface area contributed by atoms with Crippen LogP contribution >= 0.6 is 0 Å². The highest BCUT2D eigenvalue weighted by Gasteiger charge is 2.10. The highest BCUT2D eigenvalue weighted by molar-refractivity contribution is 5.86. The third-order valence-corrected chi connectivity index (χ3v) is 3.30. The minimum Gasteiger partial charge on any atom is -0.455 e. The zero-order chi connectivity index (χ0) is 17.2. The second-order valence-electron chi connectivity index (χ2n) is 5.38. The lowest BCUT2D eigenvalue weighted by Crippen LogP contribution is -2.39. The minimum atomic E-state index is -0.495. The molecule has 0 bridgehead atoms. The molecule has 126 valence electrons. The molecular formula is C17H24N2O4. The number of amides is 2. The van der Waals surface area contributed by atoms with E-state index in [-0.39, 0.29) is 25.5 Å². The average molecular weight is 320 g/mol. The van der Waals surface area contributed by atoms with Gasteiger partial charge in [-0.3, -0.25) is 14.4 Å². The van der Waals surface area contributed by atoms with Gasteiger partial charge in [0.15, 0.2) is 6.61 Å². The third-order valence-electron chi connectivity index (χ3n) is 3.30. The Labute approximate surface area is 136 Å². The first kappa shape index (κ1) is 18.7. The van der Waals surface area contributed by atoms with Crippen LogP contribution in [0.1, 0.15) is 30.0 Å². The summed E-state index contributed by atoms with van der Waals surface area (Å²) < 4.78 is 4.91. The lowest BCUT2D eigenvalue weighted by molar-refractivity contribution is -0.147. The summed E-state index contributed by atoms with van der Waals surface area (Å²) in [7, 11) is 0. The predicted octanol–water partition coefficient (Wildman–Crippen LogP) is 1.03. The van der Waals surface area contributed by atoms with Crippen molar-refractivity contribution in [2.75, 3.05) is 19.7 Å². The lowest BCUT2D eigenvalue weighted by atomic mass is 10.0. The van der Waals surface area contributed by atoms with Crippen LogP contribution < -0.4 is 10.6 Å². The van der Waals surface area contributed by atoms with Crippen LogP contribution in [0.2, 0.25) is 0 Å². The molecule has 1 aromatic carbocycles. The van der Waals surface area contributed by atoms with Crippen molar-refractivity contribution < 1.29 is 19.1 Å². The fourth-order valence-corrected chi connectivity index (χ4v) is 1.83. The van der Waals surface area contributed by atoms with Gasteiger partial charge in [-0.15, -0.1) is 0 Å². The number of benzene rings is 1. The fraction of sp³-hybridized carbons (Fsp3) is 0.471. The van der Waals surface area contributed by atoms with Crippen molar-refractivity contribution in [3.8, 4) is 0 Å². The smallest absolute Gasteiger partial charge is 0.310 e. The van der Waals surface area contributed by atoms with Crippen molar-refractivity contribution in [2.45, 2.75) is 33.6 Å². The molecule has 0 atom stereocenters. The molecule has 0 radical (unpaired) electrons. The molecule has 2 N–H and O–H groups in total. The van der Waals surface area contributed by atoms with E-state index in [4.69, 9.17) is 4.74 Å². The van der Waals surface area contributed by atoms with Gasteiger partial charge < -0.3 is 15.4 Å². The first-order valence-corrected chi connectivity index (χ1v) is 7.67. The number of carbonyl (C=O) groups excluding carboxylic acids is 3. The van der Waals surface area contributed by atoms with E-state index >= 15 is 0 Å². The van der Waals surface area contributed by atoms with Crippen LogP contribution in [0, 0.1) is 13.8 Å². The van der Waals surface area contributed by atoms with Gasteiger partial charge in [0, 0.05) is 6.54 Å². The minimum absolute atomic E-state index is 0.116. The van der Waals surface area contributed by atoms with Gasteiger partial charge in [-0.1, -0.05) is 25.1 Å². The van der Waals surface area contributed by atoms with Crippen LogP contribution in [-0.4, -0.2) is 37.5 Å². The van der Waals surface area contributed by atoms with Crippen molar-refractivity contribution >= 4 is 17.8 Å². The molecule has 0 unspecified atom stereocenters. The maximum atomic E-state index is 11.7. The molecule has 1 rings (SSSR count). The van der Waals surface area contributed by atoms with E-state index in [1.165, 1.54) is 0 Å². The first-order chi connectivity index (χ1) is 10.9. The molecule has 0 aliphatic heterocycles. The number of carbonyl (C=O) groups is 3. The lowest BCUT2D eigenvalue weighted by Gasteiger charge is -2.08. The molecule has 0 aromatic heterocycles. The maximum Gasteiger partial charge on any atom is 0.310 e. The molecule has 23 heavy (non-hydrogen) atoms. The van der Waals surface area contributed by atoms with E-state index in [0.717, 1.165) is 23.1 Å². The normalized spacial score (nSPS) is 10.0. The summed E-state index contributed by atoms with van der Waals surface area (Å²) in [6.45, 7) is 5.98. The van der Waals surface area contributed by atoms with Crippen LogP contribution in [0.4, 0.5) is 0 Å². The van der Waals surface area contributed by atoms with E-state index in [1.54, 1.807) is 0 Å². The Balaban J connectivity index is 2.28. The molecule has 0 spiro atoms. The van der Waals surface area contributed by atoms with E-state index in [9.17, 15) is 14.4 Å². The number of rotatable bonds is 8. The highest BCUT2D eigenvalue weighted by Crippen LogP contribution is 2.10. The SMILES string of the molecule is CCCNC(=O)CNC(=O)COC(=O)Cc1ccc(C)c(C)c1. The van der Waals surface area contributed by atoms with Gasteiger partial charge in [0.1, 0.15) is 0 Å². The van der Waals surface area contributed by atoms with E-state index < -0.39 is 11.9 Å². The number of nitrogens with one attached hydrogen (secondary N) is 2. The quantitative estimate of drug-likeness (QED) is 0.701. The average Bonchev–Trinajstić information content (AvgIpc) is 2.52. The maximum absolute atomic E-state index is 11.7. The Morgan fingerprint density at radius 3 is 2.43 bits per heavy atom. The summed E-state index contributed by atoms with van der Waals surface area (Å²) >= 11 is 0. The van der Waals surface area contributed by atoms with Gasteiger partial charge in [-0.25, -0.2) is 0 Å². The molecule has 6 nitrogen and oxygen atoms in total. The summed E-state index contributed by atoms with van der Waals surface area (Å²) in [5.41, 5.74) is 3.10. The largest absolute Gasteiger partial charge is 0.455 e. The Morgan fingerprint density at radius 1 is 1.04 bits per heavy atom. The number of ether oxygens (including phenoxy) is 1. The predicted molar refractivity (Wildman–Crippen MR) is 86.9 cm³/mol. The standard InChI is InChI=1S/C17H24N2O4/c1-4-7-18-15(20)10-19-16(21)11-23-17(22)9-14-6-5-12(2)13(3)8-14/h5-6,8H,4,7,9-11H2,1-3H3,(H,18,20)(H,19,21). The Morgan fingerprint density at radius 2 is 1.78 bits per heavy atom. The topological polar surface area (TPSA) is 84.5 Å². The van der Waals surface area contributed by atoms with E-state index in [2.05, 4.69) is 10.6 Å².